The lowest BCUT2D eigenvalue weighted by molar-refractivity contribution is -0.132. The van der Waals surface area contributed by atoms with Gasteiger partial charge < -0.3 is 10.4 Å². The van der Waals surface area contributed by atoms with Crippen LogP contribution in [0.5, 0.6) is 0 Å². The standard InChI is InChI=1S/C21H27ClFNO2.CH4O/c1-13-8-9-16(23)17(18(13)22)19(21(2)10-3-4-11-21)24-20(26)14-6-5-7-15(25)12-14;1-2/h8-9,14,19H,3-7,10-12H2,1-2H3,(H,24,26);2H,1H3. The Bertz CT molecular complexity index is 716. The quantitative estimate of drug-likeness (QED) is 0.741. The van der Waals surface area contributed by atoms with Crippen molar-refractivity contribution in [2.24, 2.45) is 11.3 Å². The third-order valence-electron chi connectivity index (χ3n) is 6.19. The van der Waals surface area contributed by atoms with Gasteiger partial charge in [0.25, 0.3) is 0 Å². The monoisotopic (exact) mass is 411 g/mol. The van der Waals surface area contributed by atoms with Gasteiger partial charge in [-0.05, 0) is 49.7 Å². The van der Waals surface area contributed by atoms with Crippen molar-refractivity contribution in [3.05, 3.63) is 34.1 Å². The predicted molar refractivity (Wildman–Crippen MR) is 109 cm³/mol. The zero-order valence-electron chi connectivity index (χ0n) is 17.0. The first-order chi connectivity index (χ1) is 13.3. The normalized spacial score (nSPS) is 22.2. The lowest BCUT2D eigenvalue weighted by Gasteiger charge is -2.37. The van der Waals surface area contributed by atoms with Gasteiger partial charge in [0.05, 0.1) is 11.1 Å². The Kier molecular flexibility index (Phi) is 8.02. The molecular weight excluding hydrogens is 381 g/mol. The zero-order valence-corrected chi connectivity index (χ0v) is 17.7. The molecule has 2 atom stereocenters. The summed E-state index contributed by atoms with van der Waals surface area (Å²) < 4.78 is 14.8. The number of halogens is 2. The first-order valence-electron chi connectivity index (χ1n) is 10.0. The lowest BCUT2D eigenvalue weighted by atomic mass is 9.76. The van der Waals surface area contributed by atoms with Crippen molar-refractivity contribution in [3.63, 3.8) is 0 Å². The van der Waals surface area contributed by atoms with Crippen LogP contribution in [0, 0.1) is 24.1 Å². The van der Waals surface area contributed by atoms with Crippen molar-refractivity contribution in [2.75, 3.05) is 7.11 Å². The van der Waals surface area contributed by atoms with E-state index in [-0.39, 0.29) is 28.8 Å². The second kappa shape index (κ2) is 9.84. The predicted octanol–water partition coefficient (Wildman–Crippen LogP) is 4.89. The summed E-state index contributed by atoms with van der Waals surface area (Å²) in [4.78, 5) is 24.6. The van der Waals surface area contributed by atoms with E-state index in [0.29, 0.717) is 29.8 Å². The fourth-order valence-electron chi connectivity index (χ4n) is 4.52. The van der Waals surface area contributed by atoms with Crippen LogP contribution >= 0.6 is 11.6 Å². The number of ketones is 1. The van der Waals surface area contributed by atoms with Crippen molar-refractivity contribution in [1.29, 1.82) is 0 Å². The molecular formula is C22H31ClFNO3. The van der Waals surface area contributed by atoms with E-state index in [1.165, 1.54) is 6.07 Å². The maximum Gasteiger partial charge on any atom is 0.224 e. The van der Waals surface area contributed by atoms with Crippen LogP contribution in [0.1, 0.15) is 75.5 Å². The third-order valence-corrected chi connectivity index (χ3v) is 6.69. The Morgan fingerprint density at radius 1 is 1.29 bits per heavy atom. The van der Waals surface area contributed by atoms with Crippen molar-refractivity contribution >= 4 is 23.3 Å². The summed E-state index contributed by atoms with van der Waals surface area (Å²) in [6.45, 7) is 3.95. The number of rotatable bonds is 4. The molecule has 156 valence electrons. The van der Waals surface area contributed by atoms with E-state index >= 15 is 0 Å². The topological polar surface area (TPSA) is 66.4 Å². The molecule has 2 N–H and O–H groups in total. The molecule has 0 radical (unpaired) electrons. The average Bonchev–Trinajstić information content (AvgIpc) is 3.13. The van der Waals surface area contributed by atoms with Crippen LogP contribution in [-0.4, -0.2) is 23.9 Å². The van der Waals surface area contributed by atoms with Crippen LogP contribution in [0.2, 0.25) is 5.02 Å². The van der Waals surface area contributed by atoms with Gasteiger partial charge in [0.2, 0.25) is 5.91 Å². The van der Waals surface area contributed by atoms with E-state index in [2.05, 4.69) is 12.2 Å². The summed E-state index contributed by atoms with van der Waals surface area (Å²) in [7, 11) is 1.00. The molecule has 0 saturated heterocycles. The van der Waals surface area contributed by atoms with Crippen LogP contribution in [0.15, 0.2) is 12.1 Å². The second-order valence-electron chi connectivity index (χ2n) is 8.23. The maximum absolute atomic E-state index is 14.8. The lowest BCUT2D eigenvalue weighted by Crippen LogP contribution is -2.42. The molecule has 0 aromatic heterocycles. The SMILES string of the molecule is CO.Cc1ccc(F)c(C(NC(=O)C2CCCC(=O)C2)C2(C)CCCC2)c1Cl. The Morgan fingerprint density at radius 3 is 2.54 bits per heavy atom. The van der Waals surface area contributed by atoms with E-state index in [4.69, 9.17) is 16.7 Å². The minimum absolute atomic E-state index is 0.139. The van der Waals surface area contributed by atoms with Crippen LogP contribution < -0.4 is 5.32 Å². The van der Waals surface area contributed by atoms with Crippen molar-refractivity contribution in [1.82, 2.24) is 5.32 Å². The van der Waals surface area contributed by atoms with Gasteiger partial charge in [-0.2, -0.15) is 0 Å². The van der Waals surface area contributed by atoms with Crippen LogP contribution in [0.25, 0.3) is 0 Å². The highest BCUT2D eigenvalue weighted by Crippen LogP contribution is 2.49. The molecule has 2 fully saturated rings. The minimum atomic E-state index is -0.470. The van der Waals surface area contributed by atoms with Gasteiger partial charge in [-0.3, -0.25) is 9.59 Å². The number of carbonyl (C=O) groups is 2. The molecule has 2 unspecified atom stereocenters. The number of benzene rings is 1. The highest BCUT2D eigenvalue weighted by Gasteiger charge is 2.42. The molecule has 2 aliphatic rings. The number of aliphatic hydroxyl groups is 1. The Morgan fingerprint density at radius 2 is 1.93 bits per heavy atom. The molecule has 1 aromatic rings. The number of Topliss-reactive ketones (excluding diaryl/α,β-unsaturated/α-hetero) is 1. The average molecular weight is 412 g/mol. The molecule has 4 nitrogen and oxygen atoms in total. The summed E-state index contributed by atoms with van der Waals surface area (Å²) in [6, 6.07) is 2.62. The van der Waals surface area contributed by atoms with Crippen molar-refractivity contribution < 1.29 is 19.1 Å². The molecule has 0 heterocycles. The molecule has 0 aliphatic heterocycles. The second-order valence-corrected chi connectivity index (χ2v) is 8.60. The molecule has 3 rings (SSSR count). The van der Waals surface area contributed by atoms with E-state index in [1.807, 2.05) is 6.92 Å². The molecule has 28 heavy (non-hydrogen) atoms. The highest BCUT2D eigenvalue weighted by molar-refractivity contribution is 6.32. The largest absolute Gasteiger partial charge is 0.400 e. The number of amides is 1. The molecule has 0 bridgehead atoms. The van der Waals surface area contributed by atoms with Gasteiger partial charge in [0.1, 0.15) is 11.6 Å². The van der Waals surface area contributed by atoms with Gasteiger partial charge in [0.15, 0.2) is 0 Å². The van der Waals surface area contributed by atoms with Crippen LogP contribution in [0.3, 0.4) is 0 Å². The summed E-state index contributed by atoms with van der Waals surface area (Å²) in [5.41, 5.74) is 0.968. The van der Waals surface area contributed by atoms with E-state index in [1.54, 1.807) is 6.07 Å². The van der Waals surface area contributed by atoms with Gasteiger partial charge >= 0.3 is 0 Å². The zero-order chi connectivity index (χ0) is 20.9. The fraction of sp³-hybridized carbons (Fsp3) is 0.636. The van der Waals surface area contributed by atoms with Gasteiger partial charge in [-0.15, -0.1) is 0 Å². The molecule has 0 spiro atoms. The molecule has 1 amide bonds. The Labute approximate surface area is 171 Å². The summed E-state index contributed by atoms with van der Waals surface area (Å²) >= 11 is 6.48. The molecule has 1 aromatic carbocycles. The van der Waals surface area contributed by atoms with Gasteiger partial charge in [0, 0.05) is 31.4 Å². The Hall–Kier alpha value is -1.46. The number of aryl methyl sites for hydroxylation is 1. The van der Waals surface area contributed by atoms with Gasteiger partial charge in [-0.1, -0.05) is 37.4 Å². The maximum atomic E-state index is 14.8. The minimum Gasteiger partial charge on any atom is -0.400 e. The van der Waals surface area contributed by atoms with E-state index in [0.717, 1.165) is 44.8 Å². The number of aliphatic hydroxyl groups excluding tert-OH is 1. The Balaban J connectivity index is 0.00000136. The number of nitrogens with one attached hydrogen (secondary N) is 1. The third kappa shape index (κ3) is 4.93. The van der Waals surface area contributed by atoms with E-state index < -0.39 is 6.04 Å². The highest BCUT2D eigenvalue weighted by atomic mass is 35.5. The van der Waals surface area contributed by atoms with Gasteiger partial charge in [-0.25, -0.2) is 4.39 Å². The molecule has 2 aliphatic carbocycles. The van der Waals surface area contributed by atoms with Crippen LogP contribution in [-0.2, 0) is 9.59 Å². The summed E-state index contributed by atoms with van der Waals surface area (Å²) in [6.07, 6.45) is 6.29. The number of carbonyl (C=O) groups excluding carboxylic acids is 2. The fourth-order valence-corrected chi connectivity index (χ4v) is 4.78. The number of hydrogen-bond donors (Lipinski definition) is 2. The van der Waals surface area contributed by atoms with E-state index in [9.17, 15) is 14.0 Å². The first-order valence-corrected chi connectivity index (χ1v) is 10.4. The smallest absolute Gasteiger partial charge is 0.224 e. The van der Waals surface area contributed by atoms with Crippen molar-refractivity contribution in [3.8, 4) is 0 Å². The number of hydrogen-bond acceptors (Lipinski definition) is 3. The molecule has 6 heteroatoms. The van der Waals surface area contributed by atoms with Crippen molar-refractivity contribution in [2.45, 2.75) is 71.3 Å². The first kappa shape index (κ1) is 22.8. The summed E-state index contributed by atoms with van der Waals surface area (Å²) in [5.74, 6) is -0.693. The summed E-state index contributed by atoms with van der Waals surface area (Å²) in [5, 5.41) is 10.5. The van der Waals surface area contributed by atoms with Crippen LogP contribution in [0.4, 0.5) is 4.39 Å². The molecule has 2 saturated carbocycles.